The Morgan fingerprint density at radius 1 is 0.758 bits per heavy atom. The highest BCUT2D eigenvalue weighted by Gasteiger charge is 2.23. The molecule has 1 aliphatic heterocycles. The minimum absolute atomic E-state index is 0.444. The molecule has 1 saturated heterocycles. The normalized spacial score (nSPS) is 15.2. The molecule has 0 atom stereocenters. The molecule has 0 N–H and O–H groups in total. The van der Waals surface area contributed by atoms with Crippen LogP contribution in [0, 0.1) is 5.92 Å². The topological polar surface area (TPSA) is 42.2 Å². The van der Waals surface area contributed by atoms with Gasteiger partial charge >= 0.3 is 0 Å². The Hall–Kier alpha value is -3.24. The SMILES string of the molecule is c1ccc(-c2nnc(CC3CCN(CCC(c4ccccc4)c4ccccc4)CC3)o2)cc1. The van der Waals surface area contributed by atoms with E-state index in [-0.39, 0.29) is 0 Å². The second-order valence-corrected chi connectivity index (χ2v) is 9.02. The molecule has 4 heteroatoms. The van der Waals surface area contributed by atoms with Gasteiger partial charge in [0.15, 0.2) is 0 Å². The van der Waals surface area contributed by atoms with Gasteiger partial charge in [-0.25, -0.2) is 0 Å². The van der Waals surface area contributed by atoms with Crippen molar-refractivity contribution in [1.82, 2.24) is 15.1 Å². The van der Waals surface area contributed by atoms with Crippen molar-refractivity contribution < 1.29 is 4.42 Å². The Labute approximate surface area is 196 Å². The molecule has 168 valence electrons. The number of likely N-dealkylation sites (tertiary alicyclic amines) is 1. The Morgan fingerprint density at radius 2 is 1.33 bits per heavy atom. The van der Waals surface area contributed by atoms with Gasteiger partial charge in [0.2, 0.25) is 11.8 Å². The number of piperidine rings is 1. The Balaban J connectivity index is 1.14. The highest BCUT2D eigenvalue weighted by molar-refractivity contribution is 5.51. The number of aromatic nitrogens is 2. The second-order valence-electron chi connectivity index (χ2n) is 9.02. The zero-order valence-electron chi connectivity index (χ0n) is 19.0. The van der Waals surface area contributed by atoms with E-state index in [1.807, 2.05) is 30.3 Å². The van der Waals surface area contributed by atoms with E-state index < -0.39 is 0 Å². The van der Waals surface area contributed by atoms with Gasteiger partial charge in [0.1, 0.15) is 0 Å². The van der Waals surface area contributed by atoms with Crippen LogP contribution < -0.4 is 0 Å². The van der Waals surface area contributed by atoms with E-state index in [0.29, 0.717) is 17.7 Å². The lowest BCUT2D eigenvalue weighted by Crippen LogP contribution is -2.35. The van der Waals surface area contributed by atoms with Crippen LogP contribution in [0.25, 0.3) is 11.5 Å². The fraction of sp³-hybridized carbons (Fsp3) is 0.310. The van der Waals surface area contributed by atoms with Crippen molar-refractivity contribution in [3.05, 3.63) is 108 Å². The Kier molecular flexibility index (Phi) is 6.93. The maximum absolute atomic E-state index is 5.94. The van der Waals surface area contributed by atoms with Crippen molar-refractivity contribution >= 4 is 0 Å². The van der Waals surface area contributed by atoms with Crippen LogP contribution in [0.2, 0.25) is 0 Å². The van der Waals surface area contributed by atoms with Crippen molar-refractivity contribution in [3.63, 3.8) is 0 Å². The lowest BCUT2D eigenvalue weighted by molar-refractivity contribution is 0.176. The van der Waals surface area contributed by atoms with Gasteiger partial charge in [-0.05, 0) is 68.1 Å². The molecule has 0 bridgehead atoms. The molecule has 0 spiro atoms. The van der Waals surface area contributed by atoms with Crippen LogP contribution in [0.1, 0.15) is 42.2 Å². The van der Waals surface area contributed by atoms with E-state index in [1.165, 1.54) is 24.0 Å². The molecule has 33 heavy (non-hydrogen) atoms. The summed E-state index contributed by atoms with van der Waals surface area (Å²) in [6.07, 6.45) is 4.39. The fourth-order valence-corrected chi connectivity index (χ4v) is 4.90. The van der Waals surface area contributed by atoms with Crippen LogP contribution in [0.5, 0.6) is 0 Å². The predicted octanol–water partition coefficient (Wildman–Crippen LogP) is 6.21. The van der Waals surface area contributed by atoms with Gasteiger partial charge in [0.25, 0.3) is 0 Å². The van der Waals surface area contributed by atoms with Gasteiger partial charge in [-0.15, -0.1) is 10.2 Å². The summed E-state index contributed by atoms with van der Waals surface area (Å²) in [5, 5.41) is 8.55. The molecule has 0 aliphatic carbocycles. The third kappa shape index (κ3) is 5.58. The molecular weight excluding hydrogens is 406 g/mol. The molecule has 0 unspecified atom stereocenters. The number of rotatable bonds is 8. The molecular formula is C29H31N3O. The first-order chi connectivity index (χ1) is 16.3. The largest absolute Gasteiger partial charge is 0.421 e. The van der Waals surface area contributed by atoms with Crippen LogP contribution in [0.3, 0.4) is 0 Å². The summed E-state index contributed by atoms with van der Waals surface area (Å²) in [5.41, 5.74) is 3.80. The first-order valence-electron chi connectivity index (χ1n) is 12.1. The van der Waals surface area contributed by atoms with E-state index in [9.17, 15) is 0 Å². The van der Waals surface area contributed by atoms with Crippen molar-refractivity contribution in [2.24, 2.45) is 5.92 Å². The summed E-state index contributed by atoms with van der Waals surface area (Å²) in [7, 11) is 0. The minimum Gasteiger partial charge on any atom is -0.421 e. The summed E-state index contributed by atoms with van der Waals surface area (Å²) in [6, 6.07) is 31.9. The molecule has 1 aromatic heterocycles. The first kappa shape index (κ1) is 21.6. The maximum atomic E-state index is 5.94. The molecule has 0 amide bonds. The van der Waals surface area contributed by atoms with E-state index >= 15 is 0 Å². The van der Waals surface area contributed by atoms with Crippen molar-refractivity contribution in [2.75, 3.05) is 19.6 Å². The Bertz CT molecular complexity index is 1060. The summed E-state index contributed by atoms with van der Waals surface area (Å²) < 4.78 is 5.94. The summed E-state index contributed by atoms with van der Waals surface area (Å²) in [6.45, 7) is 3.40. The van der Waals surface area contributed by atoms with Gasteiger partial charge in [0.05, 0.1) is 0 Å². The number of hydrogen-bond acceptors (Lipinski definition) is 4. The minimum atomic E-state index is 0.444. The van der Waals surface area contributed by atoms with Crippen LogP contribution in [0.15, 0.2) is 95.4 Å². The van der Waals surface area contributed by atoms with Gasteiger partial charge in [-0.2, -0.15) is 0 Å². The third-order valence-electron chi connectivity index (χ3n) is 6.80. The van der Waals surface area contributed by atoms with E-state index in [2.05, 4.69) is 75.8 Å². The number of benzene rings is 3. The first-order valence-corrected chi connectivity index (χ1v) is 12.1. The molecule has 1 fully saturated rings. The zero-order chi connectivity index (χ0) is 22.3. The van der Waals surface area contributed by atoms with E-state index in [4.69, 9.17) is 4.42 Å². The molecule has 3 aromatic carbocycles. The third-order valence-corrected chi connectivity index (χ3v) is 6.80. The summed E-state index contributed by atoms with van der Waals surface area (Å²) >= 11 is 0. The average molecular weight is 438 g/mol. The lowest BCUT2D eigenvalue weighted by Gasteiger charge is -2.32. The van der Waals surface area contributed by atoms with Crippen LogP contribution in [-0.2, 0) is 6.42 Å². The molecule has 1 aliphatic rings. The highest BCUT2D eigenvalue weighted by atomic mass is 16.4. The standard InChI is InChI=1S/C29H31N3O/c1-4-10-24(11-5-1)27(25-12-6-2-7-13-25)18-21-32-19-16-23(17-20-32)22-28-30-31-29(33-28)26-14-8-3-9-15-26/h1-15,23,27H,16-22H2. The van der Waals surface area contributed by atoms with E-state index in [0.717, 1.165) is 43.9 Å². The quantitative estimate of drug-likeness (QED) is 0.328. The molecule has 5 rings (SSSR count). The van der Waals surface area contributed by atoms with Crippen molar-refractivity contribution in [2.45, 2.75) is 31.6 Å². The molecule has 0 radical (unpaired) electrons. The smallest absolute Gasteiger partial charge is 0.247 e. The summed E-state index contributed by atoms with van der Waals surface area (Å²) in [4.78, 5) is 2.62. The fourth-order valence-electron chi connectivity index (χ4n) is 4.90. The second kappa shape index (κ2) is 10.6. The lowest BCUT2D eigenvalue weighted by atomic mass is 9.87. The molecule has 2 heterocycles. The Morgan fingerprint density at radius 3 is 1.94 bits per heavy atom. The van der Waals surface area contributed by atoms with Gasteiger partial charge < -0.3 is 9.32 Å². The van der Waals surface area contributed by atoms with Gasteiger partial charge in [-0.3, -0.25) is 0 Å². The molecule has 4 nitrogen and oxygen atoms in total. The number of hydrogen-bond donors (Lipinski definition) is 0. The zero-order valence-corrected chi connectivity index (χ0v) is 19.0. The monoisotopic (exact) mass is 437 g/mol. The average Bonchev–Trinajstić information content (AvgIpc) is 3.36. The predicted molar refractivity (Wildman–Crippen MR) is 132 cm³/mol. The van der Waals surface area contributed by atoms with Crippen LogP contribution in [-0.4, -0.2) is 34.7 Å². The van der Waals surface area contributed by atoms with Crippen LogP contribution in [0.4, 0.5) is 0 Å². The van der Waals surface area contributed by atoms with Crippen LogP contribution >= 0.6 is 0 Å². The number of nitrogens with zero attached hydrogens (tertiary/aromatic N) is 3. The van der Waals surface area contributed by atoms with Crippen molar-refractivity contribution in [3.8, 4) is 11.5 Å². The highest BCUT2D eigenvalue weighted by Crippen LogP contribution is 2.29. The van der Waals surface area contributed by atoms with E-state index in [1.54, 1.807) is 0 Å². The van der Waals surface area contributed by atoms with Gasteiger partial charge in [0, 0.05) is 17.9 Å². The van der Waals surface area contributed by atoms with Crippen molar-refractivity contribution in [1.29, 1.82) is 0 Å². The summed E-state index contributed by atoms with van der Waals surface area (Å²) in [5.74, 6) is 2.45. The maximum Gasteiger partial charge on any atom is 0.247 e. The molecule has 4 aromatic rings. The molecule has 0 saturated carbocycles. The van der Waals surface area contributed by atoms with Gasteiger partial charge in [-0.1, -0.05) is 78.9 Å².